The molecule has 0 bridgehead atoms. The monoisotopic (exact) mass is 322 g/mol. The predicted octanol–water partition coefficient (Wildman–Crippen LogP) is 2.55. The Bertz CT molecular complexity index is 648. The number of halogens is 2. The Balaban J connectivity index is 1.84. The van der Waals surface area contributed by atoms with Crippen molar-refractivity contribution in [1.29, 1.82) is 0 Å². The average molecular weight is 322 g/mol. The van der Waals surface area contributed by atoms with E-state index in [2.05, 4.69) is 15.0 Å². The molecule has 0 radical (unpaired) electrons. The Morgan fingerprint density at radius 2 is 1.96 bits per heavy atom. The van der Waals surface area contributed by atoms with Crippen molar-refractivity contribution < 1.29 is 23.0 Å². The number of benzene rings is 1. The number of nitrogens with zero attached hydrogens (tertiary/aromatic N) is 1. The normalized spacial score (nSPS) is 10.4. The van der Waals surface area contributed by atoms with Gasteiger partial charge < -0.3 is 14.8 Å². The zero-order valence-electron chi connectivity index (χ0n) is 12.5. The van der Waals surface area contributed by atoms with E-state index in [4.69, 9.17) is 4.74 Å². The molecule has 1 heterocycles. The maximum Gasteiger partial charge on any atom is 0.387 e. The molecule has 0 aliphatic carbocycles. The SMILES string of the molecule is COc1cc(CNC(=O)Cc2ccc(OC(F)F)cc2)ccn1. The van der Waals surface area contributed by atoms with Gasteiger partial charge in [-0.1, -0.05) is 12.1 Å². The van der Waals surface area contributed by atoms with Crippen LogP contribution >= 0.6 is 0 Å². The summed E-state index contributed by atoms with van der Waals surface area (Å²) in [6.07, 6.45) is 1.75. The molecule has 0 aliphatic rings. The molecule has 0 aliphatic heterocycles. The van der Waals surface area contributed by atoms with E-state index in [1.54, 1.807) is 30.5 Å². The van der Waals surface area contributed by atoms with Gasteiger partial charge in [-0.05, 0) is 29.3 Å². The van der Waals surface area contributed by atoms with Crippen molar-refractivity contribution in [3.63, 3.8) is 0 Å². The van der Waals surface area contributed by atoms with Crippen molar-refractivity contribution in [2.24, 2.45) is 0 Å². The van der Waals surface area contributed by atoms with Gasteiger partial charge in [-0.3, -0.25) is 4.79 Å². The standard InChI is InChI=1S/C16H16F2N2O3/c1-22-15-9-12(6-7-19-15)10-20-14(21)8-11-2-4-13(5-3-11)23-16(17)18/h2-7,9,16H,8,10H2,1H3,(H,20,21). The topological polar surface area (TPSA) is 60.5 Å². The molecule has 5 nitrogen and oxygen atoms in total. The van der Waals surface area contributed by atoms with Crippen LogP contribution in [0.15, 0.2) is 42.6 Å². The van der Waals surface area contributed by atoms with Gasteiger partial charge in [-0.25, -0.2) is 4.98 Å². The molecule has 0 saturated carbocycles. The summed E-state index contributed by atoms with van der Waals surface area (Å²) in [6, 6.07) is 9.47. The number of hydrogen-bond acceptors (Lipinski definition) is 4. The molecule has 2 aromatic rings. The van der Waals surface area contributed by atoms with Crippen LogP contribution in [0.1, 0.15) is 11.1 Å². The summed E-state index contributed by atoms with van der Waals surface area (Å²) in [5.41, 5.74) is 1.57. The summed E-state index contributed by atoms with van der Waals surface area (Å²) in [4.78, 5) is 15.9. The second-order valence-corrected chi connectivity index (χ2v) is 4.68. The first-order chi connectivity index (χ1) is 11.1. The lowest BCUT2D eigenvalue weighted by Gasteiger charge is -2.08. The second kappa shape index (κ2) is 8.07. The smallest absolute Gasteiger partial charge is 0.387 e. The Morgan fingerprint density at radius 3 is 2.61 bits per heavy atom. The molecule has 0 atom stereocenters. The molecule has 0 unspecified atom stereocenters. The van der Waals surface area contributed by atoms with Crippen LogP contribution in [0, 0.1) is 0 Å². The average Bonchev–Trinajstić information content (AvgIpc) is 2.54. The molecule has 0 spiro atoms. The fourth-order valence-electron chi connectivity index (χ4n) is 1.91. The third-order valence-corrected chi connectivity index (χ3v) is 3.01. The van der Waals surface area contributed by atoms with E-state index in [0.717, 1.165) is 5.56 Å². The number of aromatic nitrogens is 1. The molecule has 2 rings (SSSR count). The summed E-state index contributed by atoms with van der Waals surface area (Å²) in [5.74, 6) is 0.364. The van der Waals surface area contributed by atoms with E-state index in [1.165, 1.54) is 19.2 Å². The number of carbonyl (C=O) groups excluding carboxylic acids is 1. The number of ether oxygens (including phenoxy) is 2. The molecule has 1 aromatic carbocycles. The third-order valence-electron chi connectivity index (χ3n) is 3.01. The summed E-state index contributed by atoms with van der Waals surface area (Å²) in [7, 11) is 1.52. The van der Waals surface area contributed by atoms with Gasteiger partial charge in [0, 0.05) is 18.8 Å². The number of alkyl halides is 2. The number of pyridine rings is 1. The highest BCUT2D eigenvalue weighted by Gasteiger charge is 2.07. The largest absolute Gasteiger partial charge is 0.481 e. The molecule has 0 saturated heterocycles. The fourth-order valence-corrected chi connectivity index (χ4v) is 1.91. The number of methoxy groups -OCH3 is 1. The van der Waals surface area contributed by atoms with Crippen LogP contribution in [-0.2, 0) is 17.8 Å². The number of hydrogen-bond donors (Lipinski definition) is 1. The molecule has 1 amide bonds. The minimum absolute atomic E-state index is 0.0630. The third kappa shape index (κ3) is 5.54. The van der Waals surface area contributed by atoms with Crippen molar-refractivity contribution in [3.8, 4) is 11.6 Å². The van der Waals surface area contributed by atoms with E-state index in [9.17, 15) is 13.6 Å². The van der Waals surface area contributed by atoms with Crippen LogP contribution in [-0.4, -0.2) is 24.6 Å². The number of carbonyl (C=O) groups is 1. The lowest BCUT2D eigenvalue weighted by molar-refractivity contribution is -0.120. The molecule has 0 fully saturated rings. The number of amides is 1. The second-order valence-electron chi connectivity index (χ2n) is 4.68. The van der Waals surface area contributed by atoms with Crippen molar-refractivity contribution >= 4 is 5.91 Å². The van der Waals surface area contributed by atoms with Gasteiger partial charge in [-0.2, -0.15) is 8.78 Å². The lowest BCUT2D eigenvalue weighted by atomic mass is 10.1. The zero-order chi connectivity index (χ0) is 16.7. The summed E-state index contributed by atoms with van der Waals surface area (Å²) in [5, 5.41) is 2.77. The van der Waals surface area contributed by atoms with Crippen molar-refractivity contribution in [1.82, 2.24) is 10.3 Å². The van der Waals surface area contributed by atoms with Crippen LogP contribution in [0.4, 0.5) is 8.78 Å². The Labute approximate surface area is 132 Å². The molecule has 1 N–H and O–H groups in total. The van der Waals surface area contributed by atoms with Crippen molar-refractivity contribution in [2.45, 2.75) is 19.6 Å². The number of rotatable bonds is 7. The first-order valence-corrected chi connectivity index (χ1v) is 6.86. The first kappa shape index (κ1) is 16.7. The van der Waals surface area contributed by atoms with E-state index >= 15 is 0 Å². The number of nitrogens with one attached hydrogen (secondary N) is 1. The Hall–Kier alpha value is -2.70. The summed E-state index contributed by atoms with van der Waals surface area (Å²) < 4.78 is 33.4. The van der Waals surface area contributed by atoms with Gasteiger partial charge in [0.1, 0.15) is 5.75 Å². The zero-order valence-corrected chi connectivity index (χ0v) is 12.5. The van der Waals surface area contributed by atoms with Crippen LogP contribution in [0.25, 0.3) is 0 Å². The summed E-state index contributed by atoms with van der Waals surface area (Å²) >= 11 is 0. The predicted molar refractivity (Wildman–Crippen MR) is 79.4 cm³/mol. The van der Waals surface area contributed by atoms with Crippen LogP contribution in [0.5, 0.6) is 11.6 Å². The molecule has 7 heteroatoms. The minimum Gasteiger partial charge on any atom is -0.481 e. The molecule has 23 heavy (non-hydrogen) atoms. The maximum absolute atomic E-state index is 12.0. The van der Waals surface area contributed by atoms with Gasteiger partial charge in [0.05, 0.1) is 13.5 Å². The van der Waals surface area contributed by atoms with Gasteiger partial charge in [0.15, 0.2) is 0 Å². The minimum atomic E-state index is -2.86. The Morgan fingerprint density at radius 1 is 1.22 bits per heavy atom. The Kier molecular flexibility index (Phi) is 5.85. The lowest BCUT2D eigenvalue weighted by Crippen LogP contribution is -2.24. The summed E-state index contributed by atoms with van der Waals surface area (Å²) in [6.45, 7) is -2.51. The molecule has 1 aromatic heterocycles. The molecular formula is C16H16F2N2O3. The van der Waals surface area contributed by atoms with E-state index in [-0.39, 0.29) is 18.1 Å². The maximum atomic E-state index is 12.0. The van der Waals surface area contributed by atoms with Crippen LogP contribution < -0.4 is 14.8 Å². The van der Waals surface area contributed by atoms with Gasteiger partial charge >= 0.3 is 6.61 Å². The van der Waals surface area contributed by atoms with E-state index < -0.39 is 6.61 Å². The molecule has 122 valence electrons. The van der Waals surface area contributed by atoms with Gasteiger partial charge in [0.25, 0.3) is 0 Å². The van der Waals surface area contributed by atoms with Crippen LogP contribution in [0.3, 0.4) is 0 Å². The fraction of sp³-hybridized carbons (Fsp3) is 0.250. The van der Waals surface area contributed by atoms with Crippen molar-refractivity contribution in [3.05, 3.63) is 53.7 Å². The first-order valence-electron chi connectivity index (χ1n) is 6.86. The van der Waals surface area contributed by atoms with Crippen molar-refractivity contribution in [2.75, 3.05) is 7.11 Å². The quantitative estimate of drug-likeness (QED) is 0.851. The highest BCUT2D eigenvalue weighted by atomic mass is 19.3. The highest BCUT2D eigenvalue weighted by Crippen LogP contribution is 2.15. The molecular weight excluding hydrogens is 306 g/mol. The van der Waals surface area contributed by atoms with E-state index in [1.807, 2.05) is 0 Å². The van der Waals surface area contributed by atoms with E-state index in [0.29, 0.717) is 18.0 Å². The van der Waals surface area contributed by atoms with Gasteiger partial charge in [-0.15, -0.1) is 0 Å². The highest BCUT2D eigenvalue weighted by molar-refractivity contribution is 5.78. The van der Waals surface area contributed by atoms with Gasteiger partial charge in [0.2, 0.25) is 11.8 Å². The van der Waals surface area contributed by atoms with Crippen LogP contribution in [0.2, 0.25) is 0 Å².